The zero-order valence-electron chi connectivity index (χ0n) is 15.7. The molecule has 4 rings (SSSR count). The quantitative estimate of drug-likeness (QED) is 0.852. The maximum absolute atomic E-state index is 12.9. The Labute approximate surface area is 159 Å². The lowest BCUT2D eigenvalue weighted by atomic mass is 9.74. The van der Waals surface area contributed by atoms with E-state index < -0.39 is 0 Å². The summed E-state index contributed by atoms with van der Waals surface area (Å²) < 4.78 is 10.9. The fourth-order valence-electron chi connectivity index (χ4n) is 4.02. The van der Waals surface area contributed by atoms with Gasteiger partial charge >= 0.3 is 0 Å². The number of rotatable bonds is 5. The lowest BCUT2D eigenvalue weighted by Gasteiger charge is -2.38. The minimum absolute atomic E-state index is 0.108. The van der Waals surface area contributed by atoms with Gasteiger partial charge in [0.2, 0.25) is 0 Å². The summed E-state index contributed by atoms with van der Waals surface area (Å²) in [5.74, 6) is 1.83. The van der Waals surface area contributed by atoms with Crippen molar-refractivity contribution < 1.29 is 19.4 Å². The van der Waals surface area contributed by atoms with Crippen molar-refractivity contribution in [1.29, 1.82) is 0 Å². The largest absolute Gasteiger partial charge is 0.496 e. The Morgan fingerprint density at radius 1 is 1.26 bits per heavy atom. The van der Waals surface area contributed by atoms with Crippen LogP contribution in [-0.4, -0.2) is 30.8 Å². The van der Waals surface area contributed by atoms with Gasteiger partial charge in [-0.15, -0.1) is 0 Å². The summed E-state index contributed by atoms with van der Waals surface area (Å²) in [6.45, 7) is 2.64. The van der Waals surface area contributed by atoms with Gasteiger partial charge in [-0.05, 0) is 72.7 Å². The molecule has 0 saturated heterocycles. The number of methoxy groups -OCH3 is 1. The van der Waals surface area contributed by atoms with E-state index in [1.54, 1.807) is 13.2 Å². The number of fused-ring (bicyclic) bond motifs is 1. The first-order chi connectivity index (χ1) is 13.0. The van der Waals surface area contributed by atoms with Gasteiger partial charge in [0.15, 0.2) is 0 Å². The number of amides is 1. The van der Waals surface area contributed by atoms with Gasteiger partial charge < -0.3 is 19.9 Å². The van der Waals surface area contributed by atoms with Crippen LogP contribution in [0.25, 0.3) is 0 Å². The molecule has 5 heteroatoms. The molecule has 1 fully saturated rings. The van der Waals surface area contributed by atoms with E-state index >= 15 is 0 Å². The predicted octanol–water partition coefficient (Wildman–Crippen LogP) is 3.18. The molecule has 1 atom stereocenters. The van der Waals surface area contributed by atoms with Crippen LogP contribution in [0, 0.1) is 12.8 Å². The van der Waals surface area contributed by atoms with Crippen LogP contribution in [0.1, 0.15) is 45.9 Å². The SMILES string of the molecule is COc1ccc(C(=O)N[C@@H](c2ccc3c(c2)CCO3)C2CC(O)C2)cc1C. The average molecular weight is 367 g/mol. The van der Waals surface area contributed by atoms with E-state index in [9.17, 15) is 9.90 Å². The third kappa shape index (κ3) is 3.52. The van der Waals surface area contributed by atoms with Crippen LogP contribution >= 0.6 is 0 Å². The molecule has 1 saturated carbocycles. The van der Waals surface area contributed by atoms with Crippen molar-refractivity contribution in [3.63, 3.8) is 0 Å². The van der Waals surface area contributed by atoms with Gasteiger partial charge in [0.1, 0.15) is 11.5 Å². The maximum Gasteiger partial charge on any atom is 0.251 e. The molecule has 0 unspecified atom stereocenters. The number of benzene rings is 2. The van der Waals surface area contributed by atoms with Crippen molar-refractivity contribution in [1.82, 2.24) is 5.32 Å². The molecule has 0 radical (unpaired) electrons. The van der Waals surface area contributed by atoms with Crippen LogP contribution in [0.15, 0.2) is 36.4 Å². The van der Waals surface area contributed by atoms with Gasteiger partial charge in [0.05, 0.1) is 25.9 Å². The molecule has 142 valence electrons. The molecule has 5 nitrogen and oxygen atoms in total. The summed E-state index contributed by atoms with van der Waals surface area (Å²) >= 11 is 0. The summed E-state index contributed by atoms with van der Waals surface area (Å²) in [4.78, 5) is 12.9. The predicted molar refractivity (Wildman–Crippen MR) is 102 cm³/mol. The summed E-state index contributed by atoms with van der Waals surface area (Å²) in [5.41, 5.74) is 3.81. The molecule has 1 heterocycles. The molecule has 2 aromatic rings. The van der Waals surface area contributed by atoms with E-state index in [1.165, 1.54) is 5.56 Å². The van der Waals surface area contributed by atoms with Crippen molar-refractivity contribution in [2.75, 3.05) is 13.7 Å². The van der Waals surface area contributed by atoms with E-state index in [0.29, 0.717) is 25.0 Å². The van der Waals surface area contributed by atoms with Crippen LogP contribution in [0.2, 0.25) is 0 Å². The molecule has 1 amide bonds. The standard InChI is InChI=1S/C22H25NO4/c1-13-9-16(4-5-19(13)26-2)22(25)23-21(17-11-18(24)12-17)15-3-6-20-14(10-15)7-8-27-20/h3-6,9-10,17-18,21,24H,7-8,11-12H2,1-2H3,(H,23,25)/t17?,18?,21-/m0/s1. The Bertz CT molecular complexity index is 857. The molecule has 27 heavy (non-hydrogen) atoms. The minimum Gasteiger partial charge on any atom is -0.496 e. The molecule has 0 aromatic heterocycles. The third-order valence-corrected chi connectivity index (χ3v) is 5.64. The molecular weight excluding hydrogens is 342 g/mol. The smallest absolute Gasteiger partial charge is 0.251 e. The van der Waals surface area contributed by atoms with Crippen molar-refractivity contribution >= 4 is 5.91 Å². The second-order valence-electron chi connectivity index (χ2n) is 7.49. The number of hydrogen-bond donors (Lipinski definition) is 2. The van der Waals surface area contributed by atoms with Crippen LogP contribution in [0.3, 0.4) is 0 Å². The van der Waals surface area contributed by atoms with Crippen LogP contribution in [0.4, 0.5) is 0 Å². The first-order valence-electron chi connectivity index (χ1n) is 9.44. The highest BCUT2D eigenvalue weighted by Crippen LogP contribution is 2.40. The van der Waals surface area contributed by atoms with Crippen LogP contribution in [-0.2, 0) is 6.42 Å². The highest BCUT2D eigenvalue weighted by Gasteiger charge is 2.36. The molecule has 2 aliphatic rings. The van der Waals surface area contributed by atoms with Gasteiger partial charge in [-0.3, -0.25) is 4.79 Å². The maximum atomic E-state index is 12.9. The number of aryl methyl sites for hydroxylation is 1. The van der Waals surface area contributed by atoms with Crippen LogP contribution < -0.4 is 14.8 Å². The lowest BCUT2D eigenvalue weighted by molar-refractivity contribution is 0.0235. The van der Waals surface area contributed by atoms with E-state index in [0.717, 1.165) is 29.0 Å². The monoisotopic (exact) mass is 367 g/mol. The van der Waals surface area contributed by atoms with Gasteiger partial charge in [-0.2, -0.15) is 0 Å². The second kappa shape index (κ2) is 7.24. The number of hydrogen-bond acceptors (Lipinski definition) is 4. The van der Waals surface area contributed by atoms with E-state index in [-0.39, 0.29) is 24.0 Å². The van der Waals surface area contributed by atoms with Gasteiger partial charge in [-0.1, -0.05) is 6.07 Å². The third-order valence-electron chi connectivity index (χ3n) is 5.64. The number of nitrogens with one attached hydrogen (secondary N) is 1. The first kappa shape index (κ1) is 17.9. The number of aliphatic hydroxyl groups excluding tert-OH is 1. The molecule has 2 N–H and O–H groups in total. The number of ether oxygens (including phenoxy) is 2. The molecule has 2 aromatic carbocycles. The van der Waals surface area contributed by atoms with Gasteiger partial charge in [0.25, 0.3) is 5.91 Å². The minimum atomic E-state index is -0.268. The highest BCUT2D eigenvalue weighted by atomic mass is 16.5. The molecule has 0 bridgehead atoms. The van der Waals surface area contributed by atoms with Crippen molar-refractivity contribution in [3.05, 3.63) is 58.7 Å². The average Bonchev–Trinajstić information content (AvgIpc) is 3.11. The Hall–Kier alpha value is -2.53. The zero-order valence-corrected chi connectivity index (χ0v) is 15.7. The molecule has 1 aliphatic carbocycles. The summed E-state index contributed by atoms with van der Waals surface area (Å²) in [6.07, 6.45) is 2.05. The Morgan fingerprint density at radius 2 is 2.07 bits per heavy atom. The topological polar surface area (TPSA) is 67.8 Å². The van der Waals surface area contributed by atoms with Gasteiger partial charge in [0, 0.05) is 12.0 Å². The van der Waals surface area contributed by atoms with E-state index in [4.69, 9.17) is 9.47 Å². The van der Waals surface area contributed by atoms with Crippen molar-refractivity contribution in [2.24, 2.45) is 5.92 Å². The molecule has 0 spiro atoms. The second-order valence-corrected chi connectivity index (χ2v) is 7.49. The molecule has 1 aliphatic heterocycles. The fourth-order valence-corrected chi connectivity index (χ4v) is 4.02. The summed E-state index contributed by atoms with van der Waals surface area (Å²) in [5, 5.41) is 13.0. The Balaban J connectivity index is 1.58. The fraction of sp³-hybridized carbons (Fsp3) is 0.409. The van der Waals surface area contributed by atoms with E-state index in [2.05, 4.69) is 11.4 Å². The normalized spacial score (nSPS) is 21.6. The Morgan fingerprint density at radius 3 is 2.78 bits per heavy atom. The van der Waals surface area contributed by atoms with Crippen molar-refractivity contribution in [3.8, 4) is 11.5 Å². The first-order valence-corrected chi connectivity index (χ1v) is 9.44. The van der Waals surface area contributed by atoms with Crippen LogP contribution in [0.5, 0.6) is 11.5 Å². The summed E-state index contributed by atoms with van der Waals surface area (Å²) in [7, 11) is 1.62. The number of carbonyl (C=O) groups excluding carboxylic acids is 1. The lowest BCUT2D eigenvalue weighted by Crippen LogP contribution is -2.41. The van der Waals surface area contributed by atoms with Crippen molar-refractivity contribution in [2.45, 2.75) is 38.3 Å². The number of carbonyl (C=O) groups is 1. The van der Waals surface area contributed by atoms with E-state index in [1.807, 2.05) is 31.2 Å². The number of aliphatic hydroxyl groups is 1. The summed E-state index contributed by atoms with van der Waals surface area (Å²) in [6, 6.07) is 11.5. The Kier molecular flexibility index (Phi) is 4.79. The highest BCUT2D eigenvalue weighted by molar-refractivity contribution is 5.94. The van der Waals surface area contributed by atoms with Gasteiger partial charge in [-0.25, -0.2) is 0 Å². The zero-order chi connectivity index (χ0) is 19.0. The molecular formula is C22H25NO4.